The van der Waals surface area contributed by atoms with Crippen molar-refractivity contribution < 1.29 is 32.6 Å². The molecule has 0 radical (unpaired) electrons. The lowest BCUT2D eigenvalue weighted by Gasteiger charge is -1.93. The summed E-state index contributed by atoms with van der Waals surface area (Å²) in [6.07, 6.45) is -5.08. The van der Waals surface area contributed by atoms with Crippen LogP contribution >= 0.6 is 0 Å². The number of carboxylic acids is 1. The number of ether oxygens (including phenoxy) is 1. The fourth-order valence-electron chi connectivity index (χ4n) is 0.0833. The van der Waals surface area contributed by atoms with E-state index in [1.165, 1.54) is 7.11 Å². The fourth-order valence-corrected chi connectivity index (χ4v) is 0.0833. The van der Waals surface area contributed by atoms with Gasteiger partial charge in [0.1, 0.15) is 0 Å². The third-order valence-corrected chi connectivity index (χ3v) is 0.637. The zero-order valence-corrected chi connectivity index (χ0v) is 6.59. The Hall–Kier alpha value is -1.31. The second-order valence-electron chi connectivity index (χ2n) is 1.58. The minimum atomic E-state index is -5.08. The van der Waals surface area contributed by atoms with Crippen molar-refractivity contribution in [3.63, 3.8) is 0 Å². The SMILES string of the molecule is COC(=O)CN.O=C(O)C(F)(F)F. The molecule has 8 heteroatoms. The molecule has 0 aromatic rings. The number of carboxylic acid groups (broad SMARTS) is 1. The molecular formula is C5H8F3NO4. The molecule has 0 amide bonds. The van der Waals surface area contributed by atoms with Crippen LogP contribution in [0.1, 0.15) is 0 Å². The van der Waals surface area contributed by atoms with E-state index in [0.717, 1.165) is 0 Å². The van der Waals surface area contributed by atoms with Crippen molar-refractivity contribution in [2.75, 3.05) is 13.7 Å². The molecule has 0 fully saturated rings. The van der Waals surface area contributed by atoms with Gasteiger partial charge in [0.2, 0.25) is 0 Å². The second-order valence-corrected chi connectivity index (χ2v) is 1.58. The van der Waals surface area contributed by atoms with E-state index in [1.807, 2.05) is 0 Å². The quantitative estimate of drug-likeness (QED) is 0.573. The lowest BCUT2D eigenvalue weighted by Crippen LogP contribution is -2.21. The van der Waals surface area contributed by atoms with E-state index >= 15 is 0 Å². The van der Waals surface area contributed by atoms with Gasteiger partial charge in [0.05, 0.1) is 13.7 Å². The van der Waals surface area contributed by atoms with Gasteiger partial charge in [-0.1, -0.05) is 0 Å². The molecular weight excluding hydrogens is 195 g/mol. The maximum absolute atomic E-state index is 10.6. The molecule has 0 aliphatic heterocycles. The molecule has 0 rings (SSSR count). The summed E-state index contributed by atoms with van der Waals surface area (Å²) in [6, 6.07) is 0. The van der Waals surface area contributed by atoms with Crippen molar-refractivity contribution in [3.8, 4) is 0 Å². The van der Waals surface area contributed by atoms with E-state index in [1.54, 1.807) is 0 Å². The van der Waals surface area contributed by atoms with Gasteiger partial charge in [-0.25, -0.2) is 4.79 Å². The third-order valence-electron chi connectivity index (χ3n) is 0.637. The van der Waals surface area contributed by atoms with Crippen LogP contribution in [0.5, 0.6) is 0 Å². The van der Waals surface area contributed by atoms with Gasteiger partial charge in [0.15, 0.2) is 0 Å². The van der Waals surface area contributed by atoms with E-state index in [2.05, 4.69) is 4.74 Å². The first-order chi connectivity index (χ1) is 5.75. The minimum Gasteiger partial charge on any atom is -0.475 e. The number of rotatable bonds is 1. The van der Waals surface area contributed by atoms with Crippen LogP contribution in [-0.2, 0) is 14.3 Å². The lowest BCUT2D eigenvalue weighted by atomic mass is 10.7. The van der Waals surface area contributed by atoms with Gasteiger partial charge in [-0.05, 0) is 0 Å². The van der Waals surface area contributed by atoms with Crippen molar-refractivity contribution >= 4 is 11.9 Å². The molecule has 78 valence electrons. The normalized spacial score (nSPS) is 9.62. The van der Waals surface area contributed by atoms with Gasteiger partial charge in [0.25, 0.3) is 0 Å². The Bertz CT molecular complexity index is 173. The van der Waals surface area contributed by atoms with Gasteiger partial charge >= 0.3 is 18.1 Å². The number of carbonyl (C=O) groups is 2. The number of esters is 1. The summed E-state index contributed by atoms with van der Waals surface area (Å²) in [5.41, 5.74) is 4.81. The smallest absolute Gasteiger partial charge is 0.475 e. The van der Waals surface area contributed by atoms with Crippen LogP contribution in [0.15, 0.2) is 0 Å². The number of methoxy groups -OCH3 is 1. The Morgan fingerprint density at radius 2 is 1.77 bits per heavy atom. The van der Waals surface area contributed by atoms with E-state index < -0.39 is 12.1 Å². The summed E-state index contributed by atoms with van der Waals surface area (Å²) in [5, 5.41) is 7.12. The van der Waals surface area contributed by atoms with E-state index in [9.17, 15) is 18.0 Å². The molecule has 0 aromatic carbocycles. The third kappa shape index (κ3) is 10.7. The highest BCUT2D eigenvalue weighted by Gasteiger charge is 2.38. The molecule has 0 spiro atoms. The van der Waals surface area contributed by atoms with Gasteiger partial charge < -0.3 is 15.6 Å². The molecule has 0 atom stereocenters. The standard InChI is InChI=1S/C3H7NO2.C2HF3O2/c1-6-3(5)2-4;3-2(4,5)1(6)7/h2,4H2,1H3;(H,6,7). The highest BCUT2D eigenvalue weighted by atomic mass is 19.4. The fraction of sp³-hybridized carbons (Fsp3) is 0.600. The Morgan fingerprint density at radius 1 is 1.46 bits per heavy atom. The van der Waals surface area contributed by atoms with Crippen LogP contribution < -0.4 is 5.73 Å². The lowest BCUT2D eigenvalue weighted by molar-refractivity contribution is -0.192. The van der Waals surface area contributed by atoms with E-state index in [-0.39, 0.29) is 12.5 Å². The average Bonchev–Trinajstić information content (AvgIpc) is 2.02. The van der Waals surface area contributed by atoms with Crippen LogP contribution in [-0.4, -0.2) is 36.9 Å². The molecule has 5 nitrogen and oxygen atoms in total. The Balaban J connectivity index is 0. The molecule has 0 heterocycles. The highest BCUT2D eigenvalue weighted by Crippen LogP contribution is 2.13. The topological polar surface area (TPSA) is 89.6 Å². The number of nitrogens with two attached hydrogens (primary N) is 1. The van der Waals surface area contributed by atoms with Gasteiger partial charge in [0, 0.05) is 0 Å². The molecule has 0 saturated heterocycles. The first-order valence-electron chi connectivity index (χ1n) is 2.82. The van der Waals surface area contributed by atoms with Crippen molar-refractivity contribution in [3.05, 3.63) is 0 Å². The predicted octanol–water partition coefficient (Wildman–Crippen LogP) is -0.249. The average molecular weight is 203 g/mol. The van der Waals surface area contributed by atoms with Gasteiger partial charge in [-0.2, -0.15) is 13.2 Å². The van der Waals surface area contributed by atoms with Crippen LogP contribution in [0.2, 0.25) is 0 Å². The summed E-state index contributed by atoms with van der Waals surface area (Å²) in [6.45, 7) is -0.0312. The molecule has 0 bridgehead atoms. The van der Waals surface area contributed by atoms with E-state index in [0.29, 0.717) is 0 Å². The maximum atomic E-state index is 10.6. The van der Waals surface area contributed by atoms with Crippen LogP contribution in [0, 0.1) is 0 Å². The molecule has 0 aliphatic carbocycles. The zero-order chi connectivity index (χ0) is 11.1. The second kappa shape index (κ2) is 6.23. The monoisotopic (exact) mass is 203 g/mol. The Morgan fingerprint density at radius 3 is 1.77 bits per heavy atom. The van der Waals surface area contributed by atoms with Crippen molar-refractivity contribution in [2.24, 2.45) is 5.73 Å². The number of aliphatic carboxylic acids is 1. The minimum absolute atomic E-state index is 0.0312. The predicted molar refractivity (Wildman–Crippen MR) is 34.8 cm³/mol. The number of carbonyl (C=O) groups excluding carboxylic acids is 1. The molecule has 0 unspecified atom stereocenters. The highest BCUT2D eigenvalue weighted by molar-refractivity contribution is 5.73. The summed E-state index contributed by atoms with van der Waals surface area (Å²) < 4.78 is 35.9. The first-order valence-corrected chi connectivity index (χ1v) is 2.82. The number of halogens is 3. The molecule has 13 heavy (non-hydrogen) atoms. The molecule has 0 aliphatic rings. The summed E-state index contributed by atoms with van der Waals surface area (Å²) in [5.74, 6) is -3.14. The van der Waals surface area contributed by atoms with Crippen molar-refractivity contribution in [2.45, 2.75) is 6.18 Å². The molecule has 0 aromatic heterocycles. The van der Waals surface area contributed by atoms with Gasteiger partial charge in [-0.15, -0.1) is 0 Å². The zero-order valence-electron chi connectivity index (χ0n) is 6.59. The summed E-state index contributed by atoms with van der Waals surface area (Å²) >= 11 is 0. The van der Waals surface area contributed by atoms with Crippen LogP contribution in [0.3, 0.4) is 0 Å². The summed E-state index contributed by atoms with van der Waals surface area (Å²) in [7, 11) is 1.30. The first kappa shape index (κ1) is 14.2. The summed E-state index contributed by atoms with van der Waals surface area (Å²) in [4.78, 5) is 18.7. The number of hydrogen-bond donors (Lipinski definition) is 2. The molecule has 0 saturated carbocycles. The number of hydrogen-bond acceptors (Lipinski definition) is 4. The molecule has 3 N–H and O–H groups in total. The van der Waals surface area contributed by atoms with Crippen LogP contribution in [0.25, 0.3) is 0 Å². The van der Waals surface area contributed by atoms with E-state index in [4.69, 9.17) is 15.6 Å². The largest absolute Gasteiger partial charge is 0.490 e. The number of alkyl halides is 3. The Kier molecular flexibility index (Phi) is 6.82. The van der Waals surface area contributed by atoms with Gasteiger partial charge in [-0.3, -0.25) is 4.79 Å². The Labute approximate surface area is 71.3 Å². The van der Waals surface area contributed by atoms with Crippen molar-refractivity contribution in [1.82, 2.24) is 0 Å². The van der Waals surface area contributed by atoms with Crippen LogP contribution in [0.4, 0.5) is 13.2 Å². The van der Waals surface area contributed by atoms with Crippen molar-refractivity contribution in [1.29, 1.82) is 0 Å². The maximum Gasteiger partial charge on any atom is 0.490 e.